The maximum atomic E-state index is 6.01. The van der Waals surface area contributed by atoms with Crippen LogP contribution in [-0.2, 0) is 4.74 Å². The molecule has 1 unspecified atom stereocenters. The highest BCUT2D eigenvalue weighted by Crippen LogP contribution is 2.16. The Kier molecular flexibility index (Phi) is 9.59. The van der Waals surface area contributed by atoms with Crippen LogP contribution in [-0.4, -0.2) is 67.7 Å². The molecule has 2 fully saturated rings. The van der Waals surface area contributed by atoms with Gasteiger partial charge in [0.15, 0.2) is 5.96 Å². The van der Waals surface area contributed by atoms with Gasteiger partial charge in [-0.15, -0.1) is 24.0 Å². The van der Waals surface area contributed by atoms with Crippen molar-refractivity contribution in [3.05, 3.63) is 0 Å². The van der Waals surface area contributed by atoms with Gasteiger partial charge in [0.1, 0.15) is 0 Å². The van der Waals surface area contributed by atoms with Gasteiger partial charge >= 0.3 is 0 Å². The maximum absolute atomic E-state index is 6.01. The lowest BCUT2D eigenvalue weighted by Crippen LogP contribution is -2.44. The molecule has 0 amide bonds. The molecular weight excluding hydrogens is 379 g/mol. The van der Waals surface area contributed by atoms with Crippen LogP contribution in [0.15, 0.2) is 4.99 Å². The van der Waals surface area contributed by atoms with Gasteiger partial charge in [-0.3, -0.25) is 4.99 Å². The third-order valence-corrected chi connectivity index (χ3v) is 4.40. The zero-order chi connectivity index (χ0) is 14.2. The fraction of sp³-hybridized carbons (Fsp3) is 0.933. The van der Waals surface area contributed by atoms with Crippen molar-refractivity contribution in [2.45, 2.75) is 45.1 Å². The van der Waals surface area contributed by atoms with E-state index in [4.69, 9.17) is 10.5 Å². The van der Waals surface area contributed by atoms with Crippen molar-refractivity contribution < 1.29 is 4.74 Å². The molecular formula is C15H31IN4O. The van der Waals surface area contributed by atoms with Gasteiger partial charge in [-0.25, -0.2) is 0 Å². The van der Waals surface area contributed by atoms with Crippen LogP contribution in [0.2, 0.25) is 0 Å². The summed E-state index contributed by atoms with van der Waals surface area (Å²) in [7, 11) is 0. The lowest BCUT2D eigenvalue weighted by atomic mass is 10.0. The Morgan fingerprint density at radius 1 is 1.19 bits per heavy atom. The quantitative estimate of drug-likeness (QED) is 0.326. The minimum atomic E-state index is 0. The van der Waals surface area contributed by atoms with E-state index in [0.29, 0.717) is 5.96 Å². The third-order valence-electron chi connectivity index (χ3n) is 4.40. The smallest absolute Gasteiger partial charge is 0.191 e. The molecule has 2 rings (SSSR count). The molecule has 2 aliphatic rings. The van der Waals surface area contributed by atoms with Crippen molar-refractivity contribution in [3.63, 3.8) is 0 Å². The van der Waals surface area contributed by atoms with Crippen LogP contribution >= 0.6 is 24.0 Å². The average Bonchev–Trinajstić information content (AvgIpc) is 2.49. The van der Waals surface area contributed by atoms with Crippen molar-refractivity contribution in [1.82, 2.24) is 9.80 Å². The minimum Gasteiger partial charge on any atom is -0.378 e. The van der Waals surface area contributed by atoms with E-state index in [1.807, 2.05) is 0 Å². The Bertz CT molecular complexity index is 308. The number of aliphatic imine (C=N–C) groups is 1. The number of unbranched alkanes of at least 4 members (excludes halogenated alkanes) is 1. The summed E-state index contributed by atoms with van der Waals surface area (Å²) in [6, 6.07) is 0.769. The summed E-state index contributed by atoms with van der Waals surface area (Å²) in [5.41, 5.74) is 6.01. The summed E-state index contributed by atoms with van der Waals surface area (Å²) in [6.45, 7) is 8.99. The van der Waals surface area contributed by atoms with Gasteiger partial charge in [0.2, 0.25) is 0 Å². The van der Waals surface area contributed by atoms with Crippen LogP contribution in [0, 0.1) is 0 Å². The number of likely N-dealkylation sites (tertiary alicyclic amines) is 1. The van der Waals surface area contributed by atoms with E-state index in [9.17, 15) is 0 Å². The Morgan fingerprint density at radius 3 is 2.67 bits per heavy atom. The first-order valence-electron chi connectivity index (χ1n) is 8.14. The number of nitrogens with zero attached hydrogens (tertiary/aromatic N) is 3. The largest absolute Gasteiger partial charge is 0.378 e. The predicted octanol–water partition coefficient (Wildman–Crippen LogP) is 1.91. The summed E-state index contributed by atoms with van der Waals surface area (Å²) in [5.74, 6) is 0.694. The molecule has 21 heavy (non-hydrogen) atoms. The van der Waals surface area contributed by atoms with Crippen molar-refractivity contribution >= 4 is 29.9 Å². The molecule has 0 aromatic heterocycles. The molecule has 0 aliphatic carbocycles. The van der Waals surface area contributed by atoms with Gasteiger partial charge in [0, 0.05) is 25.7 Å². The van der Waals surface area contributed by atoms with Crippen molar-refractivity contribution in [3.8, 4) is 0 Å². The first-order chi connectivity index (χ1) is 9.77. The third kappa shape index (κ3) is 6.69. The molecule has 2 aliphatic heterocycles. The molecule has 1 atom stereocenters. The topological polar surface area (TPSA) is 54.1 Å². The van der Waals surface area contributed by atoms with Crippen molar-refractivity contribution in [1.29, 1.82) is 0 Å². The number of piperidine rings is 1. The van der Waals surface area contributed by atoms with Gasteiger partial charge in [0.05, 0.1) is 13.2 Å². The van der Waals surface area contributed by atoms with Gasteiger partial charge in [-0.2, -0.15) is 0 Å². The van der Waals surface area contributed by atoms with Crippen LogP contribution in [0.25, 0.3) is 0 Å². The molecule has 6 heteroatoms. The number of guanidine groups is 1. The van der Waals surface area contributed by atoms with E-state index in [-0.39, 0.29) is 24.0 Å². The second kappa shape index (κ2) is 10.6. The second-order valence-corrected chi connectivity index (χ2v) is 5.93. The number of hydrogen-bond donors (Lipinski definition) is 1. The summed E-state index contributed by atoms with van der Waals surface area (Å²) >= 11 is 0. The number of halogens is 1. The monoisotopic (exact) mass is 410 g/mol. The molecule has 5 nitrogen and oxygen atoms in total. The Hall–Kier alpha value is -0.0800. The zero-order valence-electron chi connectivity index (χ0n) is 13.3. The van der Waals surface area contributed by atoms with Crippen LogP contribution in [0.3, 0.4) is 0 Å². The first-order valence-corrected chi connectivity index (χ1v) is 8.14. The molecule has 2 heterocycles. The molecule has 0 bridgehead atoms. The molecule has 0 radical (unpaired) electrons. The highest BCUT2D eigenvalue weighted by atomic mass is 127. The number of hydrogen-bond acceptors (Lipinski definition) is 3. The molecule has 2 N–H and O–H groups in total. The normalized spacial score (nSPS) is 24.7. The van der Waals surface area contributed by atoms with Crippen LogP contribution in [0.1, 0.15) is 39.0 Å². The highest BCUT2D eigenvalue weighted by Gasteiger charge is 2.17. The van der Waals surface area contributed by atoms with Crippen LogP contribution < -0.4 is 5.73 Å². The minimum absolute atomic E-state index is 0. The average molecular weight is 410 g/mol. The molecule has 0 aromatic carbocycles. The Balaban J connectivity index is 0.00000220. The van der Waals surface area contributed by atoms with Gasteiger partial charge < -0.3 is 20.3 Å². The van der Waals surface area contributed by atoms with Crippen molar-refractivity contribution in [2.75, 3.05) is 45.9 Å². The van der Waals surface area contributed by atoms with Crippen LogP contribution in [0.5, 0.6) is 0 Å². The van der Waals surface area contributed by atoms with E-state index < -0.39 is 0 Å². The number of rotatable bonds is 5. The van der Waals surface area contributed by atoms with Gasteiger partial charge in [0.25, 0.3) is 0 Å². The van der Waals surface area contributed by atoms with E-state index in [1.165, 1.54) is 38.8 Å². The number of ether oxygens (including phenoxy) is 1. The summed E-state index contributed by atoms with van der Waals surface area (Å²) in [4.78, 5) is 9.24. The lowest BCUT2D eigenvalue weighted by Gasteiger charge is -2.33. The summed E-state index contributed by atoms with van der Waals surface area (Å²) < 4.78 is 5.31. The fourth-order valence-corrected chi connectivity index (χ4v) is 3.00. The molecule has 0 spiro atoms. The predicted molar refractivity (Wildman–Crippen MR) is 98.4 cm³/mol. The van der Waals surface area contributed by atoms with E-state index in [1.54, 1.807) is 0 Å². The van der Waals surface area contributed by atoms with E-state index in [0.717, 1.165) is 45.3 Å². The van der Waals surface area contributed by atoms with Crippen molar-refractivity contribution in [2.24, 2.45) is 10.7 Å². The molecule has 0 aromatic rings. The van der Waals surface area contributed by atoms with Gasteiger partial charge in [-0.1, -0.05) is 6.42 Å². The Labute approximate surface area is 146 Å². The lowest BCUT2D eigenvalue weighted by molar-refractivity contribution is 0.0674. The Morgan fingerprint density at radius 2 is 1.95 bits per heavy atom. The van der Waals surface area contributed by atoms with E-state index >= 15 is 0 Å². The fourth-order valence-electron chi connectivity index (χ4n) is 3.00. The zero-order valence-corrected chi connectivity index (χ0v) is 15.6. The SMILES string of the molecule is CC1CCCCN1CCCCN=C(N)N1CCOCC1.I. The summed E-state index contributed by atoms with van der Waals surface area (Å²) in [6.07, 6.45) is 6.49. The first kappa shape index (κ1) is 19.0. The summed E-state index contributed by atoms with van der Waals surface area (Å²) in [5, 5.41) is 0. The van der Waals surface area contributed by atoms with Crippen LogP contribution in [0.4, 0.5) is 0 Å². The standard InChI is InChI=1S/C15H30N4O.HI/c1-14-6-2-4-8-18(14)9-5-3-7-17-15(16)19-10-12-20-13-11-19;/h14H,2-13H2,1H3,(H2,16,17);1H. The maximum Gasteiger partial charge on any atom is 0.191 e. The van der Waals surface area contributed by atoms with Gasteiger partial charge in [-0.05, 0) is 45.7 Å². The number of morpholine rings is 1. The number of nitrogens with two attached hydrogens (primary N) is 1. The molecule has 124 valence electrons. The highest BCUT2D eigenvalue weighted by molar-refractivity contribution is 14.0. The van der Waals surface area contributed by atoms with E-state index in [2.05, 4.69) is 21.7 Å². The molecule has 0 saturated carbocycles. The molecule has 2 saturated heterocycles. The second-order valence-electron chi connectivity index (χ2n) is 5.93.